The number of piperidine rings is 1. The molecule has 2 amide bonds. The van der Waals surface area contributed by atoms with E-state index in [0.29, 0.717) is 13.1 Å². The number of nitrogens with zero attached hydrogens (tertiary/aromatic N) is 1. The van der Waals surface area contributed by atoms with Crippen LogP contribution >= 0.6 is 0 Å². The van der Waals surface area contributed by atoms with E-state index in [2.05, 4.69) is 10.6 Å². The predicted molar refractivity (Wildman–Crippen MR) is 89.3 cm³/mol. The van der Waals surface area contributed by atoms with Crippen molar-refractivity contribution in [2.75, 3.05) is 19.6 Å². The van der Waals surface area contributed by atoms with Crippen molar-refractivity contribution in [3.8, 4) is 0 Å². The van der Waals surface area contributed by atoms with Crippen molar-refractivity contribution in [2.24, 2.45) is 0 Å². The first-order valence-electron chi connectivity index (χ1n) is 8.53. The summed E-state index contributed by atoms with van der Waals surface area (Å²) in [6.45, 7) is 4.36. The van der Waals surface area contributed by atoms with Crippen molar-refractivity contribution in [1.29, 1.82) is 0 Å². The van der Waals surface area contributed by atoms with Crippen LogP contribution in [0.25, 0.3) is 0 Å². The summed E-state index contributed by atoms with van der Waals surface area (Å²) in [6, 6.07) is 7.87. The molecule has 0 aromatic heterocycles. The standard InChI is InChI=1S/C18H25N3O2/c1-13-4-6-14(7-5-13)18(23)21-11-8-15(9-12-21)20-17(22)16-3-2-10-19-16/h4-7,15-16,19H,2-3,8-12H2,1H3,(H,20,22). The molecular formula is C18H25N3O2. The normalized spacial score (nSPS) is 22.1. The van der Waals surface area contributed by atoms with Crippen LogP contribution in [-0.2, 0) is 4.79 Å². The molecule has 5 nitrogen and oxygen atoms in total. The Morgan fingerprint density at radius 3 is 2.43 bits per heavy atom. The maximum atomic E-state index is 12.5. The molecule has 2 saturated heterocycles. The van der Waals surface area contributed by atoms with Gasteiger partial charge in [0.2, 0.25) is 5.91 Å². The number of hydrogen-bond acceptors (Lipinski definition) is 3. The summed E-state index contributed by atoms with van der Waals surface area (Å²) in [7, 11) is 0. The summed E-state index contributed by atoms with van der Waals surface area (Å²) in [4.78, 5) is 26.5. The fourth-order valence-electron chi connectivity index (χ4n) is 3.32. The van der Waals surface area contributed by atoms with Crippen molar-refractivity contribution >= 4 is 11.8 Å². The third kappa shape index (κ3) is 3.91. The van der Waals surface area contributed by atoms with E-state index in [-0.39, 0.29) is 23.9 Å². The van der Waals surface area contributed by atoms with Gasteiger partial charge in [0.1, 0.15) is 0 Å². The molecule has 23 heavy (non-hydrogen) atoms. The molecule has 1 aromatic carbocycles. The third-order valence-electron chi connectivity index (χ3n) is 4.80. The lowest BCUT2D eigenvalue weighted by Crippen LogP contribution is -2.50. The van der Waals surface area contributed by atoms with Crippen LogP contribution in [0.3, 0.4) is 0 Å². The number of carbonyl (C=O) groups excluding carboxylic acids is 2. The molecule has 1 aromatic rings. The summed E-state index contributed by atoms with van der Waals surface area (Å²) in [5.41, 5.74) is 1.90. The largest absolute Gasteiger partial charge is 0.352 e. The van der Waals surface area contributed by atoms with E-state index < -0.39 is 0 Å². The second-order valence-electron chi connectivity index (χ2n) is 6.59. The maximum Gasteiger partial charge on any atom is 0.253 e. The van der Waals surface area contributed by atoms with Crippen molar-refractivity contribution < 1.29 is 9.59 Å². The molecule has 0 saturated carbocycles. The Morgan fingerprint density at radius 2 is 1.83 bits per heavy atom. The average molecular weight is 315 g/mol. The lowest BCUT2D eigenvalue weighted by molar-refractivity contribution is -0.123. The van der Waals surface area contributed by atoms with Gasteiger partial charge in [-0.2, -0.15) is 0 Å². The van der Waals surface area contributed by atoms with E-state index in [9.17, 15) is 9.59 Å². The lowest BCUT2D eigenvalue weighted by atomic mass is 10.0. The Balaban J connectivity index is 1.49. The minimum atomic E-state index is -0.0257. The third-order valence-corrected chi connectivity index (χ3v) is 4.80. The second-order valence-corrected chi connectivity index (χ2v) is 6.59. The summed E-state index contributed by atoms with van der Waals surface area (Å²) in [6.07, 6.45) is 3.66. The molecule has 2 fully saturated rings. The Hall–Kier alpha value is -1.88. The molecule has 0 aliphatic carbocycles. The van der Waals surface area contributed by atoms with Crippen molar-refractivity contribution in [2.45, 2.75) is 44.7 Å². The fourth-order valence-corrected chi connectivity index (χ4v) is 3.32. The summed E-state index contributed by atoms with van der Waals surface area (Å²) in [5.74, 6) is 0.207. The highest BCUT2D eigenvalue weighted by Crippen LogP contribution is 2.15. The SMILES string of the molecule is Cc1ccc(C(=O)N2CCC(NC(=O)C3CCCN3)CC2)cc1. The molecular weight excluding hydrogens is 290 g/mol. The highest BCUT2D eigenvalue weighted by atomic mass is 16.2. The molecule has 5 heteroatoms. The van der Waals surface area contributed by atoms with Gasteiger partial charge in [-0.1, -0.05) is 17.7 Å². The van der Waals surface area contributed by atoms with Crippen LogP contribution in [0.15, 0.2) is 24.3 Å². The van der Waals surface area contributed by atoms with Gasteiger partial charge in [-0.3, -0.25) is 9.59 Å². The zero-order chi connectivity index (χ0) is 16.2. The second kappa shape index (κ2) is 7.13. The summed E-state index contributed by atoms with van der Waals surface area (Å²) >= 11 is 0. The van der Waals surface area contributed by atoms with Gasteiger partial charge in [0.05, 0.1) is 6.04 Å². The van der Waals surface area contributed by atoms with E-state index in [4.69, 9.17) is 0 Å². The molecule has 0 bridgehead atoms. The minimum absolute atomic E-state index is 0.0257. The highest BCUT2D eigenvalue weighted by Gasteiger charge is 2.28. The highest BCUT2D eigenvalue weighted by molar-refractivity contribution is 5.94. The van der Waals surface area contributed by atoms with Gasteiger partial charge in [0.25, 0.3) is 5.91 Å². The zero-order valence-electron chi connectivity index (χ0n) is 13.7. The van der Waals surface area contributed by atoms with Gasteiger partial charge < -0.3 is 15.5 Å². The van der Waals surface area contributed by atoms with Gasteiger partial charge in [-0.15, -0.1) is 0 Å². The number of hydrogen-bond donors (Lipinski definition) is 2. The first-order valence-corrected chi connectivity index (χ1v) is 8.53. The van der Waals surface area contributed by atoms with Crippen LogP contribution in [0.4, 0.5) is 0 Å². The summed E-state index contributed by atoms with van der Waals surface area (Å²) < 4.78 is 0. The number of amides is 2. The number of benzene rings is 1. The molecule has 2 heterocycles. The topological polar surface area (TPSA) is 61.4 Å². The first-order chi connectivity index (χ1) is 11.1. The molecule has 2 aliphatic heterocycles. The maximum absolute atomic E-state index is 12.5. The van der Waals surface area contributed by atoms with E-state index in [1.807, 2.05) is 36.1 Å². The molecule has 1 unspecified atom stereocenters. The van der Waals surface area contributed by atoms with Crippen LogP contribution in [0.2, 0.25) is 0 Å². The van der Waals surface area contributed by atoms with E-state index in [0.717, 1.165) is 43.4 Å². The quantitative estimate of drug-likeness (QED) is 0.888. The number of rotatable bonds is 3. The van der Waals surface area contributed by atoms with Gasteiger partial charge in [-0.25, -0.2) is 0 Å². The Labute approximate surface area is 137 Å². The minimum Gasteiger partial charge on any atom is -0.352 e. The van der Waals surface area contributed by atoms with Crippen LogP contribution < -0.4 is 10.6 Å². The van der Waals surface area contributed by atoms with E-state index >= 15 is 0 Å². The van der Waals surface area contributed by atoms with Crippen molar-refractivity contribution in [1.82, 2.24) is 15.5 Å². The van der Waals surface area contributed by atoms with Crippen LogP contribution in [-0.4, -0.2) is 48.4 Å². The van der Waals surface area contributed by atoms with Gasteiger partial charge in [0, 0.05) is 24.7 Å². The average Bonchev–Trinajstić information content (AvgIpc) is 3.10. The first kappa shape index (κ1) is 16.0. The fraction of sp³-hybridized carbons (Fsp3) is 0.556. The van der Waals surface area contributed by atoms with Gasteiger partial charge in [0.15, 0.2) is 0 Å². The van der Waals surface area contributed by atoms with Crippen LogP contribution in [0.1, 0.15) is 41.6 Å². The number of likely N-dealkylation sites (tertiary alicyclic amines) is 1. The van der Waals surface area contributed by atoms with Crippen LogP contribution in [0, 0.1) is 6.92 Å². The Bertz CT molecular complexity index is 556. The van der Waals surface area contributed by atoms with Crippen molar-refractivity contribution in [3.63, 3.8) is 0 Å². The number of carbonyl (C=O) groups is 2. The molecule has 2 aliphatic rings. The molecule has 0 spiro atoms. The predicted octanol–water partition coefficient (Wildman–Crippen LogP) is 1.47. The summed E-state index contributed by atoms with van der Waals surface area (Å²) in [5, 5.41) is 6.35. The van der Waals surface area contributed by atoms with Crippen LogP contribution in [0.5, 0.6) is 0 Å². The van der Waals surface area contributed by atoms with Crippen molar-refractivity contribution in [3.05, 3.63) is 35.4 Å². The zero-order valence-corrected chi connectivity index (χ0v) is 13.7. The molecule has 2 N–H and O–H groups in total. The Morgan fingerprint density at radius 1 is 1.13 bits per heavy atom. The van der Waals surface area contributed by atoms with Gasteiger partial charge >= 0.3 is 0 Å². The van der Waals surface area contributed by atoms with E-state index in [1.54, 1.807) is 0 Å². The molecule has 0 radical (unpaired) electrons. The lowest BCUT2D eigenvalue weighted by Gasteiger charge is -2.33. The Kier molecular flexibility index (Phi) is 4.96. The monoisotopic (exact) mass is 315 g/mol. The smallest absolute Gasteiger partial charge is 0.253 e. The molecule has 124 valence electrons. The molecule has 1 atom stereocenters. The number of aryl methyl sites for hydroxylation is 1. The number of nitrogens with one attached hydrogen (secondary N) is 2. The van der Waals surface area contributed by atoms with Gasteiger partial charge in [-0.05, 0) is 51.3 Å². The molecule has 3 rings (SSSR count). The van der Waals surface area contributed by atoms with E-state index in [1.165, 1.54) is 0 Å².